The van der Waals surface area contributed by atoms with Crippen LogP contribution in [-0.4, -0.2) is 83.1 Å². The van der Waals surface area contributed by atoms with Crippen molar-refractivity contribution >= 4 is 34.8 Å². The van der Waals surface area contributed by atoms with E-state index in [4.69, 9.17) is 9.47 Å². The van der Waals surface area contributed by atoms with Gasteiger partial charge in [0.1, 0.15) is 17.3 Å². The van der Waals surface area contributed by atoms with Crippen molar-refractivity contribution in [3.8, 4) is 0 Å². The summed E-state index contributed by atoms with van der Waals surface area (Å²) in [4.78, 5) is 70.0. The lowest BCUT2D eigenvalue weighted by Crippen LogP contribution is -2.56. The Morgan fingerprint density at radius 2 is 1.67 bits per heavy atom. The first-order valence-electron chi connectivity index (χ1n) is 13.2. The van der Waals surface area contributed by atoms with Crippen LogP contribution in [-0.2, 0) is 19.1 Å². The van der Waals surface area contributed by atoms with Gasteiger partial charge < -0.3 is 29.6 Å². The van der Waals surface area contributed by atoms with Crippen molar-refractivity contribution in [1.29, 1.82) is 0 Å². The zero-order valence-corrected chi connectivity index (χ0v) is 23.5. The fourth-order valence-corrected chi connectivity index (χ4v) is 4.59. The number of esters is 1. The number of piperazine rings is 1. The Morgan fingerprint density at radius 3 is 2.28 bits per heavy atom. The van der Waals surface area contributed by atoms with E-state index in [1.807, 2.05) is 19.9 Å². The van der Waals surface area contributed by atoms with E-state index in [0.717, 1.165) is 11.1 Å². The fourth-order valence-electron chi connectivity index (χ4n) is 4.59. The summed E-state index contributed by atoms with van der Waals surface area (Å²) in [6.45, 7) is 12.0. The highest BCUT2D eigenvalue weighted by atomic mass is 16.6. The molecule has 0 bridgehead atoms. The van der Waals surface area contributed by atoms with E-state index in [1.54, 1.807) is 38.7 Å². The lowest BCUT2D eigenvalue weighted by Gasteiger charge is -2.36. The molecule has 0 saturated carbocycles. The minimum absolute atomic E-state index is 0.00755. The highest BCUT2D eigenvalue weighted by Crippen LogP contribution is 2.17. The third-order valence-electron chi connectivity index (χ3n) is 6.29. The predicted molar refractivity (Wildman–Crippen MR) is 146 cm³/mol. The number of carbonyl (C=O) groups excluding carboxylic acids is 4. The number of aryl methyl sites for hydroxylation is 2. The summed E-state index contributed by atoms with van der Waals surface area (Å²) in [6.07, 6.45) is -0.526. The van der Waals surface area contributed by atoms with Crippen LogP contribution < -0.4 is 10.7 Å². The van der Waals surface area contributed by atoms with Crippen LogP contribution in [0.4, 0.5) is 4.79 Å². The molecule has 0 radical (unpaired) electrons. The van der Waals surface area contributed by atoms with E-state index < -0.39 is 29.6 Å². The van der Waals surface area contributed by atoms with Crippen LogP contribution in [0.15, 0.2) is 23.0 Å². The Kier molecular flexibility index (Phi) is 9.36. The molecule has 11 nitrogen and oxygen atoms in total. The van der Waals surface area contributed by atoms with Crippen LogP contribution in [0.3, 0.4) is 0 Å². The first-order chi connectivity index (χ1) is 18.3. The van der Waals surface area contributed by atoms with E-state index >= 15 is 0 Å². The lowest BCUT2D eigenvalue weighted by molar-refractivity contribution is -0.155. The van der Waals surface area contributed by atoms with Gasteiger partial charge >= 0.3 is 12.1 Å². The number of H-pyrrole nitrogens is 1. The van der Waals surface area contributed by atoms with E-state index in [2.05, 4.69) is 10.3 Å². The molecule has 1 unspecified atom stereocenters. The van der Waals surface area contributed by atoms with Gasteiger partial charge in [-0.2, -0.15) is 0 Å². The topological polar surface area (TPSA) is 138 Å². The molecule has 2 heterocycles. The van der Waals surface area contributed by atoms with Crippen molar-refractivity contribution in [3.63, 3.8) is 0 Å². The first-order valence-corrected chi connectivity index (χ1v) is 13.2. The number of fused-ring (bicyclic) bond motifs is 1. The van der Waals surface area contributed by atoms with Gasteiger partial charge in [0.2, 0.25) is 5.91 Å². The normalized spacial score (nSPS) is 14.6. The number of nitrogens with zero attached hydrogens (tertiary/aromatic N) is 2. The van der Waals surface area contributed by atoms with Crippen LogP contribution in [0.5, 0.6) is 0 Å². The minimum Gasteiger partial charge on any atom is -0.460 e. The zero-order valence-electron chi connectivity index (χ0n) is 23.5. The van der Waals surface area contributed by atoms with Crippen LogP contribution in [0, 0.1) is 13.8 Å². The smallest absolute Gasteiger partial charge is 0.409 e. The van der Waals surface area contributed by atoms with Gasteiger partial charge in [0.25, 0.3) is 5.91 Å². The molecule has 0 aliphatic carbocycles. The SMILES string of the molecule is CCOC(=O)N1CCN(C(=O)C(CCC(=O)OC(C)(C)C)NC(=O)c2cc(=O)c3c(C)cc(C)cc3[nH]2)CC1. The van der Waals surface area contributed by atoms with Gasteiger partial charge in [0.05, 0.1) is 12.1 Å². The summed E-state index contributed by atoms with van der Waals surface area (Å²) in [5.41, 5.74) is 1.27. The second-order valence-corrected chi connectivity index (χ2v) is 10.7. The van der Waals surface area contributed by atoms with Crippen molar-refractivity contribution < 1.29 is 28.7 Å². The molecule has 1 aromatic heterocycles. The predicted octanol–water partition coefficient (Wildman–Crippen LogP) is 2.67. The molecule has 0 spiro atoms. The number of nitrogens with one attached hydrogen (secondary N) is 2. The number of hydrogen-bond donors (Lipinski definition) is 2. The standard InChI is InChI=1S/C28H38N4O7/c1-7-38-27(37)32-12-10-31(11-13-32)26(36)19(8-9-23(34)39-28(4,5)6)30-25(35)21-16-22(33)24-18(3)14-17(2)15-20(24)29-21/h14-16,19H,7-13H2,1-6H3,(H,29,33)(H,30,35). The summed E-state index contributed by atoms with van der Waals surface area (Å²) >= 11 is 0. The van der Waals surface area contributed by atoms with Gasteiger partial charge in [-0.1, -0.05) is 6.07 Å². The summed E-state index contributed by atoms with van der Waals surface area (Å²) in [7, 11) is 0. The molecule has 39 heavy (non-hydrogen) atoms. The Balaban J connectivity index is 1.80. The molecular formula is C28H38N4O7. The van der Waals surface area contributed by atoms with Crippen LogP contribution in [0.25, 0.3) is 10.9 Å². The van der Waals surface area contributed by atoms with Crippen LogP contribution in [0.2, 0.25) is 0 Å². The second-order valence-electron chi connectivity index (χ2n) is 10.7. The maximum atomic E-state index is 13.5. The lowest BCUT2D eigenvalue weighted by atomic mass is 10.0. The third-order valence-corrected chi connectivity index (χ3v) is 6.29. The molecule has 1 fully saturated rings. The van der Waals surface area contributed by atoms with Crippen LogP contribution in [0.1, 0.15) is 62.2 Å². The summed E-state index contributed by atoms with van der Waals surface area (Å²) in [6, 6.07) is 3.85. The van der Waals surface area contributed by atoms with Gasteiger partial charge in [0.15, 0.2) is 5.43 Å². The number of carbonyl (C=O) groups is 4. The number of pyridine rings is 1. The van der Waals surface area contributed by atoms with Gasteiger partial charge in [0, 0.05) is 44.1 Å². The Hall–Kier alpha value is -3.89. The molecule has 3 amide bonds. The van der Waals surface area contributed by atoms with E-state index in [0.29, 0.717) is 10.9 Å². The molecule has 1 aliphatic heterocycles. The zero-order chi connectivity index (χ0) is 28.9. The molecule has 2 aromatic rings. The van der Waals surface area contributed by atoms with Gasteiger partial charge in [-0.25, -0.2) is 4.79 Å². The van der Waals surface area contributed by atoms with E-state index in [9.17, 15) is 24.0 Å². The fraction of sp³-hybridized carbons (Fsp3) is 0.536. The Morgan fingerprint density at radius 1 is 1.03 bits per heavy atom. The first kappa shape index (κ1) is 29.7. The van der Waals surface area contributed by atoms with Crippen molar-refractivity contribution in [2.75, 3.05) is 32.8 Å². The van der Waals surface area contributed by atoms with E-state index in [1.165, 1.54) is 11.0 Å². The largest absolute Gasteiger partial charge is 0.460 e. The minimum atomic E-state index is -1.04. The number of hydrogen-bond acceptors (Lipinski definition) is 7. The molecular weight excluding hydrogens is 504 g/mol. The average Bonchev–Trinajstić information content (AvgIpc) is 2.84. The second kappa shape index (κ2) is 12.3. The summed E-state index contributed by atoms with van der Waals surface area (Å²) in [5.74, 6) is -1.52. The maximum Gasteiger partial charge on any atom is 0.409 e. The third kappa shape index (κ3) is 7.81. The monoisotopic (exact) mass is 542 g/mol. The molecule has 2 N–H and O–H groups in total. The molecule has 1 aromatic carbocycles. The van der Waals surface area contributed by atoms with Crippen LogP contribution >= 0.6 is 0 Å². The molecule has 1 atom stereocenters. The highest BCUT2D eigenvalue weighted by Gasteiger charge is 2.31. The molecule has 212 valence electrons. The van der Waals surface area contributed by atoms with Crippen molar-refractivity contribution in [2.24, 2.45) is 0 Å². The quantitative estimate of drug-likeness (QED) is 0.513. The molecule has 11 heteroatoms. The van der Waals surface area contributed by atoms with Gasteiger partial charge in [-0.05, 0) is 65.2 Å². The van der Waals surface area contributed by atoms with Crippen molar-refractivity contribution in [3.05, 3.63) is 45.2 Å². The van der Waals surface area contributed by atoms with Crippen molar-refractivity contribution in [1.82, 2.24) is 20.1 Å². The Labute approximate surface area is 227 Å². The van der Waals surface area contributed by atoms with Gasteiger partial charge in [-0.3, -0.25) is 19.2 Å². The van der Waals surface area contributed by atoms with Gasteiger partial charge in [-0.15, -0.1) is 0 Å². The number of amides is 3. The number of aromatic nitrogens is 1. The Bertz CT molecular complexity index is 1300. The van der Waals surface area contributed by atoms with Crippen molar-refractivity contribution in [2.45, 2.75) is 66.0 Å². The summed E-state index contributed by atoms with van der Waals surface area (Å²) < 4.78 is 10.4. The number of aromatic amines is 1. The maximum absolute atomic E-state index is 13.5. The average molecular weight is 543 g/mol. The molecule has 3 rings (SSSR count). The molecule has 1 saturated heterocycles. The number of ether oxygens (including phenoxy) is 2. The van der Waals surface area contributed by atoms with E-state index in [-0.39, 0.29) is 62.7 Å². The number of rotatable bonds is 7. The number of benzene rings is 1. The molecule has 1 aliphatic rings. The summed E-state index contributed by atoms with van der Waals surface area (Å²) in [5, 5.41) is 3.21. The highest BCUT2D eigenvalue weighted by molar-refractivity contribution is 5.98.